The monoisotopic (exact) mass is 846 g/mol. The predicted molar refractivity (Wildman–Crippen MR) is 267 cm³/mol. The van der Waals surface area contributed by atoms with Crippen molar-refractivity contribution in [2.45, 2.75) is 63.2 Å². The van der Waals surface area contributed by atoms with Gasteiger partial charge in [-0.15, -0.1) is 22.7 Å². The zero-order chi connectivity index (χ0) is 41.2. The Bertz CT molecular complexity index is 2630. The highest BCUT2D eigenvalue weighted by Gasteiger charge is 2.28. The van der Waals surface area contributed by atoms with E-state index in [1.807, 2.05) is 22.7 Å². The van der Waals surface area contributed by atoms with Crippen LogP contribution in [-0.4, -0.2) is 59.0 Å². The Kier molecular flexibility index (Phi) is 11.4. The van der Waals surface area contributed by atoms with Crippen molar-refractivity contribution in [3.05, 3.63) is 166 Å². The molecule has 6 aliphatic rings. The van der Waals surface area contributed by atoms with Gasteiger partial charge in [0.15, 0.2) is 0 Å². The molecule has 62 heavy (non-hydrogen) atoms. The molecular weight excluding hydrogens is 793 g/mol. The van der Waals surface area contributed by atoms with E-state index in [1.54, 1.807) is 0 Å². The van der Waals surface area contributed by atoms with Crippen LogP contribution < -0.4 is 0 Å². The zero-order valence-corrected chi connectivity index (χ0v) is 37.1. The van der Waals surface area contributed by atoms with Gasteiger partial charge in [-0.05, 0) is 123 Å². The molecule has 0 N–H and O–H groups in total. The van der Waals surface area contributed by atoms with Crippen molar-refractivity contribution >= 4 is 65.8 Å². The lowest BCUT2D eigenvalue weighted by Gasteiger charge is -2.24. The van der Waals surface area contributed by atoms with Crippen LogP contribution in [0.15, 0.2) is 133 Å². The van der Waals surface area contributed by atoms with E-state index in [0.29, 0.717) is 0 Å². The molecule has 0 amide bonds. The van der Waals surface area contributed by atoms with Crippen molar-refractivity contribution in [2.24, 2.45) is 0 Å². The number of nitrogens with zero attached hydrogens (tertiary/aromatic N) is 4. The van der Waals surface area contributed by atoms with Gasteiger partial charge in [-0.25, -0.2) is 9.97 Å². The molecule has 2 aromatic carbocycles. The average molecular weight is 847 g/mol. The number of allylic oxidation sites excluding steroid dienone is 6. The molecule has 11 rings (SSSR count). The van der Waals surface area contributed by atoms with Crippen molar-refractivity contribution in [1.29, 1.82) is 0 Å². The molecule has 2 unspecified atom stereocenters. The van der Waals surface area contributed by atoms with Crippen molar-refractivity contribution in [1.82, 2.24) is 19.8 Å². The summed E-state index contributed by atoms with van der Waals surface area (Å²) in [6, 6.07) is 31.1. The van der Waals surface area contributed by atoms with E-state index < -0.39 is 0 Å². The Hall–Kier alpha value is -5.24. The van der Waals surface area contributed by atoms with Crippen LogP contribution in [0.25, 0.3) is 65.4 Å². The van der Waals surface area contributed by atoms with Crippen LogP contribution >= 0.6 is 22.7 Å². The van der Waals surface area contributed by atoms with Gasteiger partial charge in [0.05, 0.1) is 22.8 Å². The lowest BCUT2D eigenvalue weighted by Crippen LogP contribution is -2.28. The number of likely N-dealkylation sites (tertiary alicyclic amines) is 2. The summed E-state index contributed by atoms with van der Waals surface area (Å²) in [7, 11) is 0. The number of hydrogen-bond donors (Lipinski definition) is 0. The van der Waals surface area contributed by atoms with Crippen LogP contribution in [-0.2, 0) is 0 Å². The Morgan fingerprint density at radius 1 is 0.435 bits per heavy atom. The van der Waals surface area contributed by atoms with Crippen molar-refractivity contribution < 1.29 is 0 Å². The second-order valence-corrected chi connectivity index (χ2v) is 19.8. The second-order valence-electron chi connectivity index (χ2n) is 17.7. The van der Waals surface area contributed by atoms with Crippen LogP contribution in [0.4, 0.5) is 0 Å². The molecule has 310 valence electrons. The molecule has 7 heterocycles. The summed E-state index contributed by atoms with van der Waals surface area (Å²) in [6.45, 7) is 6.72. The molecule has 6 heteroatoms. The minimum absolute atomic E-state index is 0.153. The number of benzene rings is 2. The molecule has 4 aliphatic heterocycles. The number of thiophene rings is 2. The Morgan fingerprint density at radius 3 is 1.26 bits per heavy atom. The fraction of sp³-hybridized carbons (Fsp3) is 0.286. The van der Waals surface area contributed by atoms with E-state index in [0.717, 1.165) is 35.9 Å². The molecule has 4 nitrogen and oxygen atoms in total. The fourth-order valence-electron chi connectivity index (χ4n) is 10.5. The summed E-state index contributed by atoms with van der Waals surface area (Å²) >= 11 is 3.78. The minimum Gasteiger partial charge on any atom is -0.299 e. The second kappa shape index (κ2) is 17.9. The Morgan fingerprint density at radius 2 is 0.823 bits per heavy atom. The molecule has 0 radical (unpaired) electrons. The van der Waals surface area contributed by atoms with Gasteiger partial charge in [0.2, 0.25) is 0 Å². The molecule has 2 fully saturated rings. The highest BCUT2D eigenvalue weighted by molar-refractivity contribution is 7.24. The van der Waals surface area contributed by atoms with Gasteiger partial charge < -0.3 is 0 Å². The molecule has 5 aromatic rings. The first-order chi connectivity index (χ1) is 30.7. The Balaban J connectivity index is 1.18. The molecule has 8 bridgehead atoms. The molecule has 0 spiro atoms. The standard InChI is InChI=1S/C56H54N4S2/c1-2-12-34-59(33-11-1)37-41-21-15-23-43(41)55-47-27-25-45(57-47)53(39-17-7-5-8-18-39)49-29-30-50(61-49)54(40-19-9-6-10-20-40)46-26-28-48(58-46)56(52-32-31-51(55)62-52)44-24-16-22-42(44)38-60-35-13-3-4-14-36-60/h5-10,15-32,43-44H,1-4,11-14,33-38H2. The van der Waals surface area contributed by atoms with E-state index in [2.05, 4.69) is 155 Å². The van der Waals surface area contributed by atoms with Crippen LogP contribution in [0.1, 0.15) is 97.1 Å². The van der Waals surface area contributed by atoms with Gasteiger partial charge in [0.25, 0.3) is 0 Å². The number of hydrogen-bond acceptors (Lipinski definition) is 6. The highest BCUT2D eigenvalue weighted by Crippen LogP contribution is 2.45. The van der Waals surface area contributed by atoms with Gasteiger partial charge >= 0.3 is 0 Å². The van der Waals surface area contributed by atoms with Gasteiger partial charge in [0, 0.05) is 66.0 Å². The van der Waals surface area contributed by atoms with Crippen LogP contribution in [0.2, 0.25) is 0 Å². The predicted octanol–water partition coefficient (Wildman–Crippen LogP) is 14.4. The first-order valence-electron chi connectivity index (χ1n) is 23.0. The quantitative estimate of drug-likeness (QED) is 0.153. The minimum atomic E-state index is 0.153. The van der Waals surface area contributed by atoms with Gasteiger partial charge in [-0.2, -0.15) is 0 Å². The van der Waals surface area contributed by atoms with E-state index in [9.17, 15) is 0 Å². The number of aromatic nitrogens is 2. The summed E-state index contributed by atoms with van der Waals surface area (Å²) in [5.74, 6) is 0.305. The molecular formula is C56H54N4S2. The van der Waals surface area contributed by atoms with E-state index in [1.165, 1.54) is 141 Å². The molecule has 2 saturated heterocycles. The van der Waals surface area contributed by atoms with E-state index in [-0.39, 0.29) is 11.8 Å². The van der Waals surface area contributed by atoms with Crippen molar-refractivity contribution in [2.75, 3.05) is 39.3 Å². The van der Waals surface area contributed by atoms with E-state index in [4.69, 9.17) is 9.97 Å². The highest BCUT2D eigenvalue weighted by atomic mass is 32.1. The first-order valence-corrected chi connectivity index (χ1v) is 24.6. The number of rotatable bonds is 8. The largest absolute Gasteiger partial charge is 0.299 e. The number of fused-ring (bicyclic) bond motifs is 8. The van der Waals surface area contributed by atoms with Gasteiger partial charge in [-0.1, -0.05) is 123 Å². The van der Waals surface area contributed by atoms with Crippen LogP contribution in [0, 0.1) is 0 Å². The van der Waals surface area contributed by atoms with Crippen LogP contribution in [0.3, 0.4) is 0 Å². The van der Waals surface area contributed by atoms with Crippen LogP contribution in [0.5, 0.6) is 0 Å². The summed E-state index contributed by atoms with van der Waals surface area (Å²) < 4.78 is 4.99. The van der Waals surface area contributed by atoms with Gasteiger partial charge in [-0.3, -0.25) is 9.80 Å². The summed E-state index contributed by atoms with van der Waals surface area (Å²) in [5, 5.41) is 0. The smallest absolute Gasteiger partial charge is 0.0730 e. The van der Waals surface area contributed by atoms with E-state index >= 15 is 0 Å². The average Bonchev–Trinajstić information content (AvgIpc) is 4.18. The summed E-state index contributed by atoms with van der Waals surface area (Å²) in [5.41, 5.74) is 14.4. The topological polar surface area (TPSA) is 32.3 Å². The maximum absolute atomic E-state index is 5.67. The lowest BCUT2D eigenvalue weighted by atomic mass is 9.92. The molecule has 3 aromatic heterocycles. The maximum atomic E-state index is 5.67. The lowest BCUT2D eigenvalue weighted by molar-refractivity contribution is 0.306. The van der Waals surface area contributed by atoms with Crippen molar-refractivity contribution in [3.8, 4) is 22.3 Å². The van der Waals surface area contributed by atoms with Crippen molar-refractivity contribution in [3.63, 3.8) is 0 Å². The molecule has 2 atom stereocenters. The molecule has 0 saturated carbocycles. The fourth-order valence-corrected chi connectivity index (χ4v) is 12.8. The third-order valence-corrected chi connectivity index (χ3v) is 15.8. The summed E-state index contributed by atoms with van der Waals surface area (Å²) in [6.07, 6.45) is 33.9. The Labute approximate surface area is 374 Å². The normalized spacial score (nSPS) is 20.4. The SMILES string of the molecule is C1=CC(c2c3nc(c(-c4ccccc4)c4ccc(s4)c(-c4ccccc4)c4nc(c(C5C=CC=C5CN5CCCCCC5)c5ccc2s5)C=C4)C=C3)C(CN2CCCCCC2)=C1. The maximum Gasteiger partial charge on any atom is 0.0730 e. The molecule has 2 aliphatic carbocycles. The summed E-state index contributed by atoms with van der Waals surface area (Å²) in [4.78, 5) is 16.7. The third kappa shape index (κ3) is 7.99. The first kappa shape index (κ1) is 39.6. The third-order valence-electron chi connectivity index (χ3n) is 13.6. The van der Waals surface area contributed by atoms with Gasteiger partial charge in [0.1, 0.15) is 0 Å². The zero-order valence-electron chi connectivity index (χ0n) is 35.5.